The van der Waals surface area contributed by atoms with Gasteiger partial charge >= 0.3 is 12.2 Å². The molecule has 0 radical (unpaired) electrons. The van der Waals surface area contributed by atoms with Crippen LogP contribution in [0.25, 0.3) is 0 Å². The predicted molar refractivity (Wildman–Crippen MR) is 66.1 cm³/mol. The van der Waals surface area contributed by atoms with Gasteiger partial charge in [0.15, 0.2) is 5.41 Å². The summed E-state index contributed by atoms with van der Waals surface area (Å²) in [7, 11) is 3.08. The van der Waals surface area contributed by atoms with Gasteiger partial charge < -0.3 is 20.9 Å². The number of nitrogens with one attached hydrogen (secondary N) is 3. The molecule has 0 spiro atoms. The van der Waals surface area contributed by atoms with Gasteiger partial charge in [-0.2, -0.15) is 13.2 Å². The fourth-order valence-electron chi connectivity index (χ4n) is 1.93. The van der Waals surface area contributed by atoms with Crippen LogP contribution >= 0.6 is 0 Å². The molecule has 116 valence electrons. The maximum Gasteiger partial charge on any atom is 0.404 e. The molecule has 0 aromatic carbocycles. The second-order valence-corrected chi connectivity index (χ2v) is 4.89. The Hall–Kier alpha value is -1.51. The second-order valence-electron chi connectivity index (χ2n) is 4.89. The van der Waals surface area contributed by atoms with Gasteiger partial charge in [0.1, 0.15) is 0 Å². The van der Waals surface area contributed by atoms with Crippen LogP contribution in [0.5, 0.6) is 0 Å². The fraction of sp³-hybridized carbons (Fsp3) is 0.818. The van der Waals surface area contributed by atoms with Crippen molar-refractivity contribution in [2.75, 3.05) is 40.3 Å². The van der Waals surface area contributed by atoms with Gasteiger partial charge in [-0.1, -0.05) is 0 Å². The topological polar surface area (TPSA) is 73.5 Å². The number of carbonyl (C=O) groups excluding carboxylic acids is 2. The molecular formula is C11H19F3N4O2. The van der Waals surface area contributed by atoms with Crippen molar-refractivity contribution in [1.29, 1.82) is 0 Å². The molecule has 1 atom stereocenters. The van der Waals surface area contributed by atoms with Crippen LogP contribution in [0.2, 0.25) is 0 Å². The molecular weight excluding hydrogens is 277 g/mol. The molecule has 1 fully saturated rings. The van der Waals surface area contributed by atoms with Gasteiger partial charge in [-0.05, 0) is 13.0 Å². The molecule has 0 aliphatic carbocycles. The molecule has 0 bridgehead atoms. The number of nitrogens with zero attached hydrogens (tertiary/aromatic N) is 1. The highest BCUT2D eigenvalue weighted by atomic mass is 19.4. The molecule has 3 amide bonds. The molecule has 0 aromatic heterocycles. The summed E-state index contributed by atoms with van der Waals surface area (Å²) in [6.45, 7) is -0.225. The monoisotopic (exact) mass is 296 g/mol. The van der Waals surface area contributed by atoms with Crippen LogP contribution in [-0.2, 0) is 4.79 Å². The smallest absolute Gasteiger partial charge is 0.354 e. The van der Waals surface area contributed by atoms with E-state index in [9.17, 15) is 22.8 Å². The normalized spacial score (nSPS) is 22.4. The molecule has 6 nitrogen and oxygen atoms in total. The summed E-state index contributed by atoms with van der Waals surface area (Å²) in [5, 5.41) is 7.26. The van der Waals surface area contributed by atoms with Gasteiger partial charge in [0.2, 0.25) is 5.91 Å². The number of alkyl halides is 3. The highest BCUT2D eigenvalue weighted by Crippen LogP contribution is 2.43. The van der Waals surface area contributed by atoms with E-state index in [0.29, 0.717) is 0 Å². The van der Waals surface area contributed by atoms with E-state index in [4.69, 9.17) is 0 Å². The van der Waals surface area contributed by atoms with Crippen molar-refractivity contribution < 1.29 is 22.8 Å². The van der Waals surface area contributed by atoms with E-state index in [1.54, 1.807) is 0 Å². The predicted octanol–water partition coefficient (Wildman–Crippen LogP) is -0.0842. The largest absolute Gasteiger partial charge is 0.404 e. The number of urea groups is 1. The molecule has 1 aliphatic heterocycles. The Morgan fingerprint density at radius 1 is 1.25 bits per heavy atom. The van der Waals surface area contributed by atoms with Crippen molar-refractivity contribution in [2.24, 2.45) is 5.41 Å². The van der Waals surface area contributed by atoms with E-state index in [2.05, 4.69) is 16.0 Å². The van der Waals surface area contributed by atoms with Crippen LogP contribution in [0.1, 0.15) is 6.42 Å². The van der Waals surface area contributed by atoms with E-state index in [1.807, 2.05) is 0 Å². The molecule has 3 N–H and O–H groups in total. The lowest BCUT2D eigenvalue weighted by atomic mass is 9.85. The van der Waals surface area contributed by atoms with Crippen LogP contribution in [0.3, 0.4) is 0 Å². The van der Waals surface area contributed by atoms with E-state index in [-0.39, 0.29) is 32.1 Å². The van der Waals surface area contributed by atoms with E-state index in [1.165, 1.54) is 19.0 Å². The molecule has 0 aromatic rings. The number of rotatable bonds is 4. The summed E-state index contributed by atoms with van der Waals surface area (Å²) in [6, 6.07) is -0.368. The van der Waals surface area contributed by atoms with Crippen LogP contribution in [0, 0.1) is 5.41 Å². The Kier molecular flexibility index (Phi) is 5.21. The van der Waals surface area contributed by atoms with Crippen LogP contribution in [0.15, 0.2) is 0 Å². The average molecular weight is 296 g/mol. The van der Waals surface area contributed by atoms with Crippen molar-refractivity contribution in [1.82, 2.24) is 20.9 Å². The first-order valence-corrected chi connectivity index (χ1v) is 6.21. The van der Waals surface area contributed by atoms with Crippen LogP contribution < -0.4 is 16.0 Å². The Bertz CT molecular complexity index is 365. The Morgan fingerprint density at radius 3 is 2.30 bits per heavy atom. The van der Waals surface area contributed by atoms with Gasteiger partial charge in [0.25, 0.3) is 0 Å². The summed E-state index contributed by atoms with van der Waals surface area (Å²) in [6.07, 6.45) is -4.86. The zero-order chi connectivity index (χ0) is 15.4. The summed E-state index contributed by atoms with van der Waals surface area (Å²) < 4.78 is 39.1. The lowest BCUT2D eigenvalue weighted by Gasteiger charge is -2.29. The average Bonchev–Trinajstić information content (AvgIpc) is 2.83. The Balaban J connectivity index is 2.47. The third kappa shape index (κ3) is 3.53. The molecule has 1 heterocycles. The van der Waals surface area contributed by atoms with Crippen molar-refractivity contribution in [3.05, 3.63) is 0 Å². The SMILES string of the molecule is CN(C)C(=O)NCCNC(=O)C1(C(F)(F)F)CCNC1. The van der Waals surface area contributed by atoms with Gasteiger partial charge in [-0.25, -0.2) is 4.79 Å². The molecule has 20 heavy (non-hydrogen) atoms. The second kappa shape index (κ2) is 6.29. The highest BCUT2D eigenvalue weighted by molar-refractivity contribution is 5.84. The lowest BCUT2D eigenvalue weighted by Crippen LogP contribution is -2.53. The number of carbonyl (C=O) groups is 2. The molecule has 0 saturated carbocycles. The van der Waals surface area contributed by atoms with Crippen molar-refractivity contribution >= 4 is 11.9 Å². The first kappa shape index (κ1) is 16.5. The minimum atomic E-state index is -4.59. The third-order valence-electron chi connectivity index (χ3n) is 3.23. The zero-order valence-corrected chi connectivity index (χ0v) is 11.4. The van der Waals surface area contributed by atoms with E-state index in [0.717, 1.165) is 0 Å². The molecule has 9 heteroatoms. The summed E-state index contributed by atoms with van der Waals surface area (Å²) >= 11 is 0. The molecule has 1 rings (SSSR count). The summed E-state index contributed by atoms with van der Waals surface area (Å²) in [5.41, 5.74) is -2.36. The quantitative estimate of drug-likeness (QED) is 0.635. The Morgan fingerprint density at radius 2 is 1.85 bits per heavy atom. The lowest BCUT2D eigenvalue weighted by molar-refractivity contribution is -0.215. The van der Waals surface area contributed by atoms with E-state index < -0.39 is 24.0 Å². The van der Waals surface area contributed by atoms with Crippen LogP contribution in [0.4, 0.5) is 18.0 Å². The first-order valence-electron chi connectivity index (χ1n) is 6.21. The van der Waals surface area contributed by atoms with E-state index >= 15 is 0 Å². The minimum absolute atomic E-state index is 0.0454. The van der Waals surface area contributed by atoms with Gasteiger partial charge in [0.05, 0.1) is 0 Å². The molecule has 1 saturated heterocycles. The number of hydrogen-bond donors (Lipinski definition) is 3. The highest BCUT2D eigenvalue weighted by Gasteiger charge is 2.61. The first-order chi connectivity index (χ1) is 9.21. The minimum Gasteiger partial charge on any atom is -0.354 e. The Labute approximate surface area is 115 Å². The van der Waals surface area contributed by atoms with Gasteiger partial charge in [0, 0.05) is 33.7 Å². The van der Waals surface area contributed by atoms with Crippen LogP contribution in [-0.4, -0.2) is 63.3 Å². The van der Waals surface area contributed by atoms with Crippen molar-refractivity contribution in [3.63, 3.8) is 0 Å². The number of halogens is 3. The van der Waals surface area contributed by atoms with Gasteiger partial charge in [-0.15, -0.1) is 0 Å². The molecule has 1 unspecified atom stereocenters. The zero-order valence-electron chi connectivity index (χ0n) is 11.4. The maximum absolute atomic E-state index is 13.0. The third-order valence-corrected chi connectivity index (χ3v) is 3.23. The molecule has 1 aliphatic rings. The van der Waals surface area contributed by atoms with Crippen molar-refractivity contribution in [3.8, 4) is 0 Å². The number of hydrogen-bond acceptors (Lipinski definition) is 3. The fourth-order valence-corrected chi connectivity index (χ4v) is 1.93. The summed E-state index contributed by atoms with van der Waals surface area (Å²) in [4.78, 5) is 24.3. The van der Waals surface area contributed by atoms with Gasteiger partial charge in [-0.3, -0.25) is 4.79 Å². The number of amides is 3. The standard InChI is InChI=1S/C11H19F3N4O2/c1-18(2)9(20)17-6-5-16-8(19)10(11(12,13)14)3-4-15-7-10/h15H,3-7H2,1-2H3,(H,16,19)(H,17,20). The maximum atomic E-state index is 13.0. The summed E-state index contributed by atoms with van der Waals surface area (Å²) in [5.74, 6) is -1.05. The van der Waals surface area contributed by atoms with Crippen molar-refractivity contribution in [2.45, 2.75) is 12.6 Å².